The predicted molar refractivity (Wildman–Crippen MR) is 83.2 cm³/mol. The highest BCUT2D eigenvalue weighted by Gasteiger charge is 2.17. The van der Waals surface area contributed by atoms with Gasteiger partial charge >= 0.3 is 0 Å². The number of alkyl halides is 1. The molecule has 1 aliphatic rings. The molecule has 0 amide bonds. The van der Waals surface area contributed by atoms with Crippen LogP contribution < -0.4 is 10.1 Å². The Morgan fingerprint density at radius 1 is 1.52 bits per heavy atom. The van der Waals surface area contributed by atoms with E-state index in [4.69, 9.17) is 9.47 Å². The molecule has 1 aliphatic heterocycles. The van der Waals surface area contributed by atoms with Gasteiger partial charge in [0.1, 0.15) is 11.9 Å². The van der Waals surface area contributed by atoms with Crippen LogP contribution in [0, 0.1) is 0 Å². The lowest BCUT2D eigenvalue weighted by Crippen LogP contribution is -2.39. The largest absolute Gasteiger partial charge is 0.497 e. The Labute approximate surface area is 134 Å². The van der Waals surface area contributed by atoms with Gasteiger partial charge in [0.05, 0.1) is 32.1 Å². The topological polar surface area (TPSA) is 61.2 Å². The molecule has 1 N–H and O–H groups in total. The second-order valence-electron chi connectivity index (χ2n) is 5.58. The van der Waals surface area contributed by atoms with Gasteiger partial charge in [-0.1, -0.05) is 17.3 Å². The standard InChI is InChI=1S/C16H21FN4O2/c1-22-14-4-2-3-12(7-14)16(17)11-21-10-13(19-20-21)8-15-9-18-5-6-23-15/h2-4,7,10,15-16,18H,5-6,8-9,11H2,1H3. The molecular formula is C16H21FN4O2. The van der Waals surface area contributed by atoms with E-state index >= 15 is 0 Å². The van der Waals surface area contributed by atoms with Crippen LogP contribution in [0.15, 0.2) is 30.5 Å². The van der Waals surface area contributed by atoms with Crippen molar-refractivity contribution in [3.63, 3.8) is 0 Å². The van der Waals surface area contributed by atoms with E-state index in [-0.39, 0.29) is 12.6 Å². The van der Waals surface area contributed by atoms with Crippen molar-refractivity contribution in [1.29, 1.82) is 0 Å². The summed E-state index contributed by atoms with van der Waals surface area (Å²) in [6.45, 7) is 2.53. The molecule has 0 radical (unpaired) electrons. The normalized spacial score (nSPS) is 19.5. The third kappa shape index (κ3) is 4.27. The molecule has 124 valence electrons. The van der Waals surface area contributed by atoms with E-state index in [0.717, 1.165) is 18.8 Å². The molecule has 23 heavy (non-hydrogen) atoms. The molecule has 2 unspecified atom stereocenters. The first-order valence-electron chi connectivity index (χ1n) is 7.74. The summed E-state index contributed by atoms with van der Waals surface area (Å²) in [6.07, 6.45) is 1.41. The molecule has 0 spiro atoms. The Bertz CT molecular complexity index is 628. The number of ether oxygens (including phenoxy) is 2. The Balaban J connectivity index is 1.59. The monoisotopic (exact) mass is 320 g/mol. The maximum Gasteiger partial charge on any atom is 0.145 e. The van der Waals surface area contributed by atoms with Gasteiger partial charge in [-0.2, -0.15) is 0 Å². The van der Waals surface area contributed by atoms with E-state index in [1.165, 1.54) is 4.68 Å². The van der Waals surface area contributed by atoms with Crippen LogP contribution in [-0.4, -0.2) is 47.9 Å². The fourth-order valence-corrected chi connectivity index (χ4v) is 2.61. The molecular weight excluding hydrogens is 299 g/mol. The SMILES string of the molecule is COc1cccc(C(F)Cn2cc(CC3CNCCO3)nn2)c1. The van der Waals surface area contributed by atoms with Gasteiger partial charge in [-0.05, 0) is 17.7 Å². The van der Waals surface area contributed by atoms with Crippen molar-refractivity contribution >= 4 is 0 Å². The predicted octanol–water partition coefficient (Wildman–Crippen LogP) is 1.53. The first kappa shape index (κ1) is 15.9. The number of hydrogen-bond donors (Lipinski definition) is 1. The Hall–Kier alpha value is -1.99. The number of aromatic nitrogens is 3. The highest BCUT2D eigenvalue weighted by molar-refractivity contribution is 5.29. The first-order valence-corrected chi connectivity index (χ1v) is 7.74. The highest BCUT2D eigenvalue weighted by atomic mass is 19.1. The molecule has 2 heterocycles. The van der Waals surface area contributed by atoms with Gasteiger partial charge in [0.15, 0.2) is 0 Å². The summed E-state index contributed by atoms with van der Waals surface area (Å²) in [4.78, 5) is 0. The molecule has 1 saturated heterocycles. The van der Waals surface area contributed by atoms with Crippen molar-refractivity contribution in [2.75, 3.05) is 26.8 Å². The number of nitrogens with zero attached hydrogens (tertiary/aromatic N) is 3. The summed E-state index contributed by atoms with van der Waals surface area (Å²) >= 11 is 0. The van der Waals surface area contributed by atoms with E-state index in [1.807, 2.05) is 0 Å². The van der Waals surface area contributed by atoms with E-state index in [2.05, 4.69) is 15.6 Å². The van der Waals surface area contributed by atoms with Gasteiger partial charge < -0.3 is 14.8 Å². The molecule has 1 aromatic carbocycles. The van der Waals surface area contributed by atoms with Crippen LogP contribution in [0.3, 0.4) is 0 Å². The number of nitrogens with one attached hydrogen (secondary N) is 1. The minimum absolute atomic E-state index is 0.105. The Kier molecular flexibility index (Phi) is 5.19. The highest BCUT2D eigenvalue weighted by Crippen LogP contribution is 2.23. The lowest BCUT2D eigenvalue weighted by molar-refractivity contribution is 0.0286. The maximum atomic E-state index is 14.4. The van der Waals surface area contributed by atoms with Crippen molar-refractivity contribution in [2.45, 2.75) is 25.2 Å². The summed E-state index contributed by atoms with van der Waals surface area (Å²) in [5.41, 5.74) is 1.39. The van der Waals surface area contributed by atoms with Crippen molar-refractivity contribution in [2.24, 2.45) is 0 Å². The summed E-state index contributed by atoms with van der Waals surface area (Å²) in [6, 6.07) is 7.01. The molecule has 1 fully saturated rings. The Morgan fingerprint density at radius 2 is 2.43 bits per heavy atom. The van der Waals surface area contributed by atoms with Crippen molar-refractivity contribution < 1.29 is 13.9 Å². The zero-order valence-electron chi connectivity index (χ0n) is 13.1. The second-order valence-corrected chi connectivity index (χ2v) is 5.58. The van der Waals surface area contributed by atoms with Crippen LogP contribution in [0.5, 0.6) is 5.75 Å². The zero-order valence-corrected chi connectivity index (χ0v) is 13.1. The van der Waals surface area contributed by atoms with Crippen molar-refractivity contribution in [3.05, 3.63) is 41.7 Å². The molecule has 0 aliphatic carbocycles. The molecule has 2 atom stereocenters. The molecule has 2 aromatic rings. The smallest absolute Gasteiger partial charge is 0.145 e. The fourth-order valence-electron chi connectivity index (χ4n) is 2.61. The third-order valence-corrected chi connectivity index (χ3v) is 3.83. The van der Waals surface area contributed by atoms with Gasteiger partial charge in [-0.15, -0.1) is 5.10 Å². The summed E-state index contributed by atoms with van der Waals surface area (Å²) in [7, 11) is 1.57. The fraction of sp³-hybridized carbons (Fsp3) is 0.500. The number of rotatable bonds is 6. The summed E-state index contributed by atoms with van der Waals surface area (Å²) in [5.74, 6) is 0.645. The van der Waals surface area contributed by atoms with Crippen LogP contribution in [0.4, 0.5) is 4.39 Å². The lowest BCUT2D eigenvalue weighted by Gasteiger charge is -2.22. The Morgan fingerprint density at radius 3 is 3.22 bits per heavy atom. The van der Waals surface area contributed by atoms with Gasteiger partial charge in [0.25, 0.3) is 0 Å². The van der Waals surface area contributed by atoms with Gasteiger partial charge in [-0.3, -0.25) is 0 Å². The molecule has 3 rings (SSSR count). The van der Waals surface area contributed by atoms with E-state index in [1.54, 1.807) is 37.6 Å². The van der Waals surface area contributed by atoms with E-state index < -0.39 is 6.17 Å². The van der Waals surface area contributed by atoms with Crippen molar-refractivity contribution in [1.82, 2.24) is 20.3 Å². The second kappa shape index (κ2) is 7.52. The van der Waals surface area contributed by atoms with Crippen molar-refractivity contribution in [3.8, 4) is 5.75 Å². The average Bonchev–Trinajstić information content (AvgIpc) is 3.02. The minimum Gasteiger partial charge on any atom is -0.497 e. The number of halogens is 1. The molecule has 7 heteroatoms. The molecule has 6 nitrogen and oxygen atoms in total. The van der Waals surface area contributed by atoms with Gasteiger partial charge in [0, 0.05) is 25.7 Å². The number of benzene rings is 1. The summed E-state index contributed by atoms with van der Waals surface area (Å²) in [5, 5.41) is 11.4. The number of hydrogen-bond acceptors (Lipinski definition) is 5. The van der Waals surface area contributed by atoms with Crippen LogP contribution in [0.1, 0.15) is 17.4 Å². The van der Waals surface area contributed by atoms with E-state index in [9.17, 15) is 4.39 Å². The third-order valence-electron chi connectivity index (χ3n) is 3.83. The average molecular weight is 320 g/mol. The minimum atomic E-state index is -1.16. The summed E-state index contributed by atoms with van der Waals surface area (Å²) < 4.78 is 26.7. The lowest BCUT2D eigenvalue weighted by atomic mass is 10.1. The van der Waals surface area contributed by atoms with Gasteiger partial charge in [-0.25, -0.2) is 9.07 Å². The quantitative estimate of drug-likeness (QED) is 0.874. The molecule has 0 bridgehead atoms. The van der Waals surface area contributed by atoms with Gasteiger partial charge in [0.2, 0.25) is 0 Å². The number of morpholine rings is 1. The molecule has 0 saturated carbocycles. The van der Waals surface area contributed by atoms with Crippen LogP contribution >= 0.6 is 0 Å². The zero-order chi connectivity index (χ0) is 16.1. The van der Waals surface area contributed by atoms with Crippen LogP contribution in [0.2, 0.25) is 0 Å². The van der Waals surface area contributed by atoms with E-state index in [0.29, 0.717) is 24.3 Å². The van der Waals surface area contributed by atoms with Crippen LogP contribution in [0.25, 0.3) is 0 Å². The molecule has 1 aromatic heterocycles. The van der Waals surface area contributed by atoms with Crippen LogP contribution in [-0.2, 0) is 17.7 Å². The maximum absolute atomic E-state index is 14.4. The first-order chi connectivity index (χ1) is 11.2. The number of methoxy groups -OCH3 is 1.